The number of nitrogens with zero attached hydrogens (tertiary/aromatic N) is 3. The van der Waals surface area contributed by atoms with Crippen molar-refractivity contribution in [2.75, 3.05) is 27.7 Å². The molecule has 1 aliphatic carbocycles. The number of halogens is 1. The van der Waals surface area contributed by atoms with Crippen LogP contribution >= 0.6 is 11.6 Å². The highest BCUT2D eigenvalue weighted by molar-refractivity contribution is 6.32. The second kappa shape index (κ2) is 37.8. The van der Waals surface area contributed by atoms with E-state index in [2.05, 4.69) is 36.6 Å². The maximum absolute atomic E-state index is 16.3. The summed E-state index contributed by atoms with van der Waals surface area (Å²) in [5.74, 6) is -9.42. The van der Waals surface area contributed by atoms with Crippen LogP contribution in [0.3, 0.4) is 0 Å². The van der Waals surface area contributed by atoms with Crippen LogP contribution in [0.5, 0.6) is 5.75 Å². The fraction of sp³-hybridized carbons (Fsp3) is 0.311. The molecular weight excluding hydrogens is 1480 g/mol. The predicted octanol–water partition coefficient (Wildman–Crippen LogP) is 11.2. The third kappa shape index (κ3) is 21.0. The number of likely N-dealkylation sites (N-methyl/N-ethyl adjacent to an activating group) is 3. The van der Waals surface area contributed by atoms with Crippen LogP contribution in [0.25, 0.3) is 32.9 Å². The molecule has 8 aromatic carbocycles. The van der Waals surface area contributed by atoms with Crippen molar-refractivity contribution in [3.63, 3.8) is 0 Å². The van der Waals surface area contributed by atoms with Crippen molar-refractivity contribution in [3.05, 3.63) is 268 Å². The topological polar surface area (TPSA) is 331 Å². The van der Waals surface area contributed by atoms with Crippen molar-refractivity contribution in [3.8, 4) is 16.9 Å². The third-order valence-electron chi connectivity index (χ3n) is 21.1. The molecule has 9 N–H and O–H groups in total. The normalized spacial score (nSPS) is 14.2. The minimum absolute atomic E-state index is 0.0204. The average molecular weight is 1580 g/mol. The second-order valence-electron chi connectivity index (χ2n) is 30.3. The number of nitrogens with one attached hydrogen (secondary N) is 7. The molecule has 0 spiro atoms. The standard InChI is InChI=1S/C90H97ClN10O14/c1-9-54(2)80(85(108)97-74(88(111)112)50-79(102)103)98-84(107)76(46-56-29-15-11-16-30-56)100(7)87(110)73(49-60-52-93-70-40-26-24-34-62(60)70)96-82(105)75(45-55-27-13-10-14-28-55)99(6)86(109)72(48-59-51-92-69-39-25-23-33-61(59)69)95-81(104)71(44-58-41-42-78(68(91)43-58)115-90(3,4)5)94-83(106)77(47-57-31-17-12-18-32-57)101(8)89(113)114-53-67-65-37-21-19-35-63(65)64-36-20-22-38-66(64)67/h10-43,51-52,54,67,71-77,80,92-93H,9,44-50,53H2,1-8H3,(H,94,106)(H,95,104)(H,96,105)(H,97,108)(H,98,107)(H,102,103)(H,111,112)/t54-,71+,72-,73-,74-,75-,76-,77-,80-/m0/s1. The molecule has 2 aromatic heterocycles. The molecule has 25 heteroatoms. The molecule has 9 atom stereocenters. The number of hydrogen-bond acceptors (Lipinski definition) is 12. The lowest BCUT2D eigenvalue weighted by Crippen LogP contribution is -2.62. The molecule has 0 bridgehead atoms. The van der Waals surface area contributed by atoms with Gasteiger partial charge in [0.05, 0.1) is 11.4 Å². The number of ether oxygens (including phenoxy) is 2. The van der Waals surface area contributed by atoms with Crippen LogP contribution in [0, 0.1) is 5.92 Å². The molecule has 0 radical (unpaired) electrons. The van der Waals surface area contributed by atoms with Crippen molar-refractivity contribution < 1.29 is 67.6 Å². The van der Waals surface area contributed by atoms with Crippen molar-refractivity contribution in [2.45, 2.75) is 146 Å². The molecular formula is C90H97ClN10O14. The highest BCUT2D eigenvalue weighted by Crippen LogP contribution is 2.45. The maximum Gasteiger partial charge on any atom is 0.410 e. The molecule has 10 aromatic rings. The van der Waals surface area contributed by atoms with Gasteiger partial charge in [0.1, 0.15) is 66.3 Å². The zero-order chi connectivity index (χ0) is 82.2. The number of benzene rings is 8. The SMILES string of the molecule is CC[C@H](C)[C@H](NC(=O)[C@H](Cc1ccccc1)N(C)C(=O)[C@H](Cc1c[nH]c2ccccc12)NC(=O)[C@H](Cc1ccccc1)N(C)C(=O)[C@H](Cc1c[nH]c2ccccc12)NC(=O)[C@@H](Cc1ccc(OC(C)(C)C)c(Cl)c1)NC(=O)[C@H](Cc1ccccc1)N(C)C(=O)OCC1c2ccccc2-c2ccccc21)C(=O)N[C@@H](CC(=O)O)C(=O)O. The van der Waals surface area contributed by atoms with E-state index in [0.717, 1.165) is 33.2 Å². The zero-order valence-corrected chi connectivity index (χ0v) is 66.2. The summed E-state index contributed by atoms with van der Waals surface area (Å²) in [5.41, 5.74) is 8.36. The molecule has 2 heterocycles. The van der Waals surface area contributed by atoms with Gasteiger partial charge in [-0.2, -0.15) is 0 Å². The number of rotatable bonds is 35. The molecule has 0 saturated carbocycles. The summed E-state index contributed by atoms with van der Waals surface area (Å²) in [5, 5.41) is 35.2. The average Bonchev–Trinajstić information content (AvgIpc) is 1.63. The lowest BCUT2D eigenvalue weighted by atomic mass is 9.96. The summed E-state index contributed by atoms with van der Waals surface area (Å²) in [7, 11) is 4.28. The Morgan fingerprint density at radius 3 is 1.34 bits per heavy atom. The maximum atomic E-state index is 16.3. The molecule has 8 amide bonds. The Morgan fingerprint density at radius 2 is 0.887 bits per heavy atom. The highest BCUT2D eigenvalue weighted by atomic mass is 35.5. The fourth-order valence-electron chi connectivity index (χ4n) is 14.7. The number of amides is 8. The number of aromatic amines is 2. The number of hydrogen-bond donors (Lipinski definition) is 9. The van der Waals surface area contributed by atoms with Gasteiger partial charge in [-0.05, 0) is 107 Å². The van der Waals surface area contributed by atoms with E-state index < -0.39 is 126 Å². The van der Waals surface area contributed by atoms with Crippen LogP contribution in [-0.4, -0.2) is 176 Å². The number of H-pyrrole nitrogens is 2. The van der Waals surface area contributed by atoms with Crippen molar-refractivity contribution in [1.29, 1.82) is 0 Å². The number of carboxylic acids is 2. The summed E-state index contributed by atoms with van der Waals surface area (Å²) in [4.78, 5) is 158. The smallest absolute Gasteiger partial charge is 0.410 e. The zero-order valence-electron chi connectivity index (χ0n) is 65.4. The molecule has 24 nitrogen and oxygen atoms in total. The number of aromatic nitrogens is 2. The molecule has 1 aliphatic rings. The van der Waals surface area contributed by atoms with Crippen LogP contribution < -0.4 is 31.3 Å². The van der Waals surface area contributed by atoms with E-state index in [-0.39, 0.29) is 56.1 Å². The first kappa shape index (κ1) is 83.4. The van der Waals surface area contributed by atoms with Crippen LogP contribution in [0.4, 0.5) is 4.79 Å². The van der Waals surface area contributed by atoms with Gasteiger partial charge in [0.25, 0.3) is 0 Å². The van der Waals surface area contributed by atoms with Crippen molar-refractivity contribution in [1.82, 2.24) is 51.3 Å². The van der Waals surface area contributed by atoms with E-state index in [4.69, 9.17) is 21.1 Å². The van der Waals surface area contributed by atoms with Crippen LogP contribution in [0.15, 0.2) is 219 Å². The summed E-state index contributed by atoms with van der Waals surface area (Å²) < 4.78 is 12.3. The minimum Gasteiger partial charge on any atom is -0.487 e. The quantitative estimate of drug-likeness (QED) is 0.0178. The van der Waals surface area contributed by atoms with Gasteiger partial charge in [0.2, 0.25) is 41.4 Å². The monoisotopic (exact) mass is 1580 g/mol. The third-order valence-corrected chi connectivity index (χ3v) is 21.4. The summed E-state index contributed by atoms with van der Waals surface area (Å²) >= 11 is 6.97. The number of carbonyl (C=O) groups is 10. The van der Waals surface area contributed by atoms with Crippen LogP contribution in [0.1, 0.15) is 97.9 Å². The highest BCUT2D eigenvalue weighted by Gasteiger charge is 2.42. The first-order chi connectivity index (χ1) is 55.1. The van der Waals surface area contributed by atoms with Gasteiger partial charge < -0.3 is 66.0 Å². The Hall–Kier alpha value is -12.6. The fourth-order valence-corrected chi connectivity index (χ4v) is 15.0. The predicted molar refractivity (Wildman–Crippen MR) is 439 cm³/mol. The van der Waals surface area contributed by atoms with Gasteiger partial charge in [-0.25, -0.2) is 9.59 Å². The number of aliphatic carboxylic acids is 2. The molecule has 598 valence electrons. The van der Waals surface area contributed by atoms with Gasteiger partial charge >= 0.3 is 18.0 Å². The Morgan fingerprint density at radius 1 is 0.470 bits per heavy atom. The van der Waals surface area contributed by atoms with Gasteiger partial charge in [-0.1, -0.05) is 214 Å². The first-order valence-electron chi connectivity index (χ1n) is 38.4. The van der Waals surface area contributed by atoms with Gasteiger partial charge in [-0.3, -0.25) is 43.3 Å². The number of fused-ring (bicyclic) bond motifs is 5. The minimum atomic E-state index is -1.84. The van der Waals surface area contributed by atoms with Gasteiger partial charge in [0.15, 0.2) is 0 Å². The van der Waals surface area contributed by atoms with Crippen LogP contribution in [-0.2, 0) is 86.4 Å². The number of carbonyl (C=O) groups excluding carboxylic acids is 8. The number of para-hydroxylation sites is 2. The van der Waals surface area contributed by atoms with E-state index >= 15 is 28.8 Å². The van der Waals surface area contributed by atoms with Crippen molar-refractivity contribution >= 4 is 92.8 Å². The second-order valence-corrected chi connectivity index (χ2v) is 30.7. The van der Waals surface area contributed by atoms with Gasteiger partial charge in [0, 0.05) is 99.8 Å². The van der Waals surface area contributed by atoms with E-state index in [1.165, 1.54) is 35.8 Å². The van der Waals surface area contributed by atoms with Crippen LogP contribution in [0.2, 0.25) is 5.02 Å². The molecule has 0 fully saturated rings. The molecule has 115 heavy (non-hydrogen) atoms. The Bertz CT molecular complexity index is 5100. The molecule has 0 unspecified atom stereocenters. The van der Waals surface area contributed by atoms with E-state index in [1.807, 2.05) is 148 Å². The van der Waals surface area contributed by atoms with E-state index in [1.54, 1.807) is 105 Å². The summed E-state index contributed by atoms with van der Waals surface area (Å²) in [6, 6.07) is 50.3. The molecule has 11 rings (SSSR count). The Kier molecular flexibility index (Phi) is 27.4. The molecule has 0 aliphatic heterocycles. The van der Waals surface area contributed by atoms with E-state index in [0.29, 0.717) is 56.5 Å². The summed E-state index contributed by atoms with van der Waals surface area (Å²) in [6.07, 6.45) is 1.11. The first-order valence-corrected chi connectivity index (χ1v) is 38.8. The van der Waals surface area contributed by atoms with Crippen molar-refractivity contribution in [2.24, 2.45) is 5.92 Å². The molecule has 0 saturated heterocycles. The summed E-state index contributed by atoms with van der Waals surface area (Å²) in [6.45, 7) is 8.96. The lowest BCUT2D eigenvalue weighted by molar-refractivity contribution is -0.148. The van der Waals surface area contributed by atoms with Gasteiger partial charge in [-0.15, -0.1) is 0 Å². The van der Waals surface area contributed by atoms with E-state index in [9.17, 15) is 29.4 Å². The lowest BCUT2D eigenvalue weighted by Gasteiger charge is -2.35. The Labute approximate surface area is 672 Å². The Balaban J connectivity index is 0.939. The number of carboxylic acid groups (broad SMARTS) is 2. The largest absolute Gasteiger partial charge is 0.487 e.